The van der Waals surface area contributed by atoms with Crippen LogP contribution in [0.2, 0.25) is 0 Å². The summed E-state index contributed by atoms with van der Waals surface area (Å²) in [7, 11) is 0. The zero-order chi connectivity index (χ0) is 84.1. The van der Waals surface area contributed by atoms with Crippen LogP contribution in [0.3, 0.4) is 0 Å². The summed E-state index contributed by atoms with van der Waals surface area (Å²) in [5.74, 6) is 0. The quantitative estimate of drug-likeness (QED) is 0.0534. The molecule has 0 radical (unpaired) electrons. The summed E-state index contributed by atoms with van der Waals surface area (Å²) >= 11 is 111. The maximum atomic E-state index is 2.26. The fourth-order valence-corrected chi connectivity index (χ4v) is 89.2. The third-order valence-corrected chi connectivity index (χ3v) is 93.3. The second kappa shape index (κ2) is 56.9. The molecule has 0 aromatic rings. The van der Waals surface area contributed by atoms with Crippen LogP contribution in [-0.4, -0.2) is 131 Å². The lowest BCUT2D eigenvalue weighted by Gasteiger charge is -2.08. The maximum Gasteiger partial charge on any atom is 0.0717 e. The minimum absolute atomic E-state index is 0.955. The summed E-state index contributed by atoms with van der Waals surface area (Å²) in [5.41, 5.74) is 0. The van der Waals surface area contributed by atoms with Gasteiger partial charge in [0.15, 0.2) is 0 Å². The summed E-state index contributed by atoms with van der Waals surface area (Å²) < 4.78 is 60.8. The van der Waals surface area contributed by atoms with Gasteiger partial charge in [-0.2, -0.15) is 0 Å². The number of hydrogen-bond acceptors (Lipinski definition) is 56. The molecule has 0 unspecified atom stereocenters. The fourth-order valence-electron chi connectivity index (χ4n) is 8.86. The van der Waals surface area contributed by atoms with Crippen LogP contribution in [0.15, 0.2) is 178 Å². The van der Waals surface area contributed by atoms with E-state index < -0.39 is 0 Å². The molecule has 0 spiro atoms. The van der Waals surface area contributed by atoms with E-state index in [1.54, 1.807) is 0 Å². The molecule has 0 saturated heterocycles. The first-order valence-electron chi connectivity index (χ1n) is 32.4. The Hall–Kier alpha value is 14.1. The van der Waals surface area contributed by atoms with Gasteiger partial charge >= 0.3 is 0 Å². The van der Waals surface area contributed by atoms with E-state index in [2.05, 4.69) is 218 Å². The standard InChI is InChI=1S/C64H60S56/c1-65-23-24(66-2)94-51(93-23)58-107-37(79-15)39(109-58)81-17-83-41-43(113-60(111-41)53-97-27(69-5)28(70-6)98-53)85-19-87-45-47(117-62(115-45)55-101-31(73-9)32(74-10)102-55)89-21-91-49-50(120-64(119-49)57-105-35(77-13)36(78-14)106-57)92-22-90-48-46(116-63(118-48)56-103-33(75-11)34(76-12)104-56)88-20-86-44-42(112-61(114-44)54-99-29(71-7)30(72-8)100-54)84-18-82-40-38(80-16)108-59(110-40)52-95-25(67-3)26(68-4)96-52/h17-22H2,1-16H3. The lowest BCUT2D eigenvalue weighted by molar-refractivity contribution is 2.16. The lowest BCUT2D eigenvalue weighted by Crippen LogP contribution is -1.79. The summed E-state index contributed by atoms with van der Waals surface area (Å²) in [6, 6.07) is 0. The van der Waals surface area contributed by atoms with E-state index in [-0.39, 0.29) is 0 Å². The highest BCUT2D eigenvalue weighted by atomic mass is 32.3. The molecular formula is C64H60S56. The average molecular weight is 2620 g/mol. The molecule has 0 N–H and O–H groups in total. The van der Waals surface area contributed by atoms with Crippen molar-refractivity contribution < 1.29 is 0 Å². The fraction of sp³-hybridized carbons (Fsp3) is 0.344. The highest BCUT2D eigenvalue weighted by Crippen LogP contribution is 2.76. The minimum Gasteiger partial charge on any atom is -0.121 e. The first-order valence-corrected chi connectivity index (χ1v) is 86.7. The minimum atomic E-state index is 0.955. The molecule has 14 rings (SSSR count). The van der Waals surface area contributed by atoms with Crippen LogP contribution in [0.1, 0.15) is 0 Å². The van der Waals surface area contributed by atoms with E-state index in [1.807, 2.05) is 541 Å². The Bertz CT molecular complexity index is 4360. The Kier molecular flexibility index (Phi) is 52.1. The van der Waals surface area contributed by atoms with Gasteiger partial charge in [-0.1, -0.05) is 329 Å². The van der Waals surface area contributed by atoms with E-state index >= 15 is 0 Å². The van der Waals surface area contributed by atoms with Crippen molar-refractivity contribution in [3.05, 3.63) is 178 Å². The topological polar surface area (TPSA) is 0 Å². The van der Waals surface area contributed by atoms with Crippen molar-refractivity contribution in [3.63, 3.8) is 0 Å². The second-order valence-corrected chi connectivity index (χ2v) is 87.2. The Labute approximate surface area is 948 Å². The van der Waals surface area contributed by atoms with Gasteiger partial charge in [0.2, 0.25) is 0 Å². The zero-order valence-corrected chi connectivity index (χ0v) is 110. The Balaban J connectivity index is 0.681. The van der Waals surface area contributed by atoms with Crippen LogP contribution in [0.25, 0.3) is 0 Å². The molecule has 0 aromatic carbocycles. The van der Waals surface area contributed by atoms with Gasteiger partial charge in [0, 0.05) is 30.5 Å². The van der Waals surface area contributed by atoms with Crippen LogP contribution in [0, 0.1) is 0 Å². The molecule has 14 aliphatic rings. The predicted molar refractivity (Wildman–Crippen MR) is 697 cm³/mol. The first-order chi connectivity index (χ1) is 58.6. The third-order valence-electron chi connectivity index (χ3n) is 13.9. The van der Waals surface area contributed by atoms with Crippen molar-refractivity contribution >= 4 is 659 Å². The molecule has 0 saturated carbocycles. The zero-order valence-electron chi connectivity index (χ0n) is 64.1. The molecule has 56 heteroatoms. The molecule has 0 amide bonds. The Morgan fingerprint density at radius 3 is 0.233 bits per heavy atom. The van der Waals surface area contributed by atoms with E-state index in [0.717, 1.165) is 30.5 Å². The monoisotopic (exact) mass is 2620 g/mol. The summed E-state index contributed by atoms with van der Waals surface area (Å²) in [4.78, 5) is 0. The molecule has 652 valence electrons. The average Bonchev–Trinajstić information content (AvgIpc) is 1.68. The van der Waals surface area contributed by atoms with Gasteiger partial charge in [-0.3, -0.25) is 0 Å². The summed E-state index contributed by atoms with van der Waals surface area (Å²) in [6.45, 7) is 0. The van der Waals surface area contributed by atoms with Crippen LogP contribution >= 0.6 is 659 Å². The second-order valence-electron chi connectivity index (χ2n) is 20.6. The molecule has 0 aromatic heterocycles. The van der Waals surface area contributed by atoms with Crippen LogP contribution in [0.4, 0.5) is 0 Å². The molecule has 14 aliphatic heterocycles. The molecule has 120 heavy (non-hydrogen) atoms. The van der Waals surface area contributed by atoms with Crippen molar-refractivity contribution in [1.29, 1.82) is 0 Å². The van der Waals surface area contributed by atoms with Gasteiger partial charge in [-0.05, 0) is 100 Å². The first kappa shape index (κ1) is 110. The van der Waals surface area contributed by atoms with Gasteiger partial charge in [-0.25, -0.2) is 0 Å². The molecule has 0 aliphatic carbocycles. The number of hydrogen-bond donors (Lipinski definition) is 0. The van der Waals surface area contributed by atoms with Crippen LogP contribution in [-0.2, 0) is 0 Å². The van der Waals surface area contributed by atoms with Crippen LogP contribution < -0.4 is 0 Å². The van der Waals surface area contributed by atoms with Gasteiger partial charge in [-0.15, -0.1) is 329 Å². The number of rotatable bonds is 40. The summed E-state index contributed by atoms with van der Waals surface area (Å²) in [6.07, 6.45) is 35.8. The normalized spacial score (nSPS) is 22.0. The van der Waals surface area contributed by atoms with E-state index in [4.69, 9.17) is 0 Å². The summed E-state index contributed by atoms with van der Waals surface area (Å²) in [5, 5.41) is 5.82. The van der Waals surface area contributed by atoms with Crippen molar-refractivity contribution in [2.45, 2.75) is 0 Å². The molecular weight excluding hydrogens is 2560 g/mol. The van der Waals surface area contributed by atoms with E-state index in [9.17, 15) is 0 Å². The highest BCUT2D eigenvalue weighted by Gasteiger charge is 2.40. The third kappa shape index (κ3) is 29.4. The lowest BCUT2D eigenvalue weighted by atomic mass is 11.2. The number of thioether (sulfide) groups is 56. The van der Waals surface area contributed by atoms with Crippen molar-refractivity contribution in [3.8, 4) is 0 Å². The molecule has 0 fully saturated rings. The molecule has 14 heterocycles. The molecule has 0 nitrogen and oxygen atoms in total. The Morgan fingerprint density at radius 1 is 0.100 bits per heavy atom. The largest absolute Gasteiger partial charge is 0.121 e. The smallest absolute Gasteiger partial charge is 0.0717 e. The van der Waals surface area contributed by atoms with Gasteiger partial charge in [0.1, 0.15) is 0 Å². The van der Waals surface area contributed by atoms with E-state index in [0.29, 0.717) is 0 Å². The molecule has 0 atom stereocenters. The van der Waals surface area contributed by atoms with Crippen molar-refractivity contribution in [2.24, 2.45) is 0 Å². The SMILES string of the molecule is CSC1=C(SC)SC(=C2SC(SC)=C(SCSC3=C(SCSC4=C(SCSC5=C(SCSC6=C(SCSC7=C(SCSC8=C(SC)SC(=C9SC(SC)=C(SC)S9)S8)SC(=C8SC(SC)=C(SC)S8)S7)SC(=C7SC(SC)=C(SC)S7)S6)SC(=C6SC(SC)=C(SC)S6)S5)SC(=C5SC(SC)=C(SC)S5)S4)SC(=C4SC(SC)=C(SC)S4)S3)S2)S1. The van der Waals surface area contributed by atoms with E-state index in [1.165, 1.54) is 178 Å². The van der Waals surface area contributed by atoms with Crippen molar-refractivity contribution in [1.82, 2.24) is 0 Å². The van der Waals surface area contributed by atoms with Gasteiger partial charge in [0.05, 0.1) is 178 Å². The van der Waals surface area contributed by atoms with Gasteiger partial charge in [0.25, 0.3) is 0 Å². The van der Waals surface area contributed by atoms with Gasteiger partial charge < -0.3 is 0 Å². The predicted octanol–water partition coefficient (Wildman–Crippen LogP) is 45.7. The van der Waals surface area contributed by atoms with Crippen LogP contribution in [0.5, 0.6) is 0 Å². The highest BCUT2D eigenvalue weighted by molar-refractivity contribution is 8.55. The molecule has 0 bridgehead atoms. The Morgan fingerprint density at radius 2 is 0.158 bits per heavy atom. The maximum absolute atomic E-state index is 2.26. The van der Waals surface area contributed by atoms with Crippen molar-refractivity contribution in [2.75, 3.05) is 131 Å².